The zero-order valence-electron chi connectivity index (χ0n) is 13.5. The molecule has 1 aromatic rings. The number of piperazine rings is 1. The minimum absolute atomic E-state index is 0.109. The summed E-state index contributed by atoms with van der Waals surface area (Å²) in [6.07, 6.45) is 1.94. The van der Waals surface area contributed by atoms with Gasteiger partial charge in [0, 0.05) is 37.8 Å². The van der Waals surface area contributed by atoms with Gasteiger partial charge in [-0.1, -0.05) is 19.1 Å². The fourth-order valence-electron chi connectivity index (χ4n) is 3.28. The number of nitrogens with zero attached hydrogens (tertiary/aromatic N) is 2. The van der Waals surface area contributed by atoms with Crippen LogP contribution in [0.15, 0.2) is 24.3 Å². The van der Waals surface area contributed by atoms with Gasteiger partial charge in [0.25, 0.3) is 0 Å². The van der Waals surface area contributed by atoms with Crippen LogP contribution in [0.5, 0.6) is 0 Å². The molecule has 21 heavy (non-hydrogen) atoms. The number of hydrogen-bond acceptors (Lipinski definition) is 3. The van der Waals surface area contributed by atoms with Crippen molar-refractivity contribution in [1.82, 2.24) is 9.80 Å². The molecule has 1 aliphatic rings. The van der Waals surface area contributed by atoms with Gasteiger partial charge in [-0.15, -0.1) is 0 Å². The highest BCUT2D eigenvalue weighted by Crippen LogP contribution is 2.24. The third-order valence-electron chi connectivity index (χ3n) is 4.93. The Kier molecular flexibility index (Phi) is 5.36. The van der Waals surface area contributed by atoms with Gasteiger partial charge in [-0.2, -0.15) is 0 Å². The molecule has 2 unspecified atom stereocenters. The number of halogens is 1. The number of rotatable bonds is 5. The maximum Gasteiger partial charge on any atom is 0.123 e. The second-order valence-corrected chi connectivity index (χ2v) is 6.50. The van der Waals surface area contributed by atoms with Crippen molar-refractivity contribution in [1.29, 1.82) is 0 Å². The molecule has 3 nitrogen and oxygen atoms in total. The number of hydrogen-bond donors (Lipinski definition) is 1. The molecule has 0 spiro atoms. The van der Waals surface area contributed by atoms with Crippen LogP contribution in [0.4, 0.5) is 4.39 Å². The van der Waals surface area contributed by atoms with Gasteiger partial charge in [0.05, 0.1) is 0 Å². The summed E-state index contributed by atoms with van der Waals surface area (Å²) in [5.41, 5.74) is 7.01. The molecule has 1 fully saturated rings. The Balaban J connectivity index is 2.13. The molecule has 4 heteroatoms. The second-order valence-electron chi connectivity index (χ2n) is 6.50. The van der Waals surface area contributed by atoms with E-state index in [0.29, 0.717) is 12.6 Å². The Hall–Kier alpha value is -0.970. The molecule has 1 aliphatic heterocycles. The van der Waals surface area contributed by atoms with Gasteiger partial charge in [0.2, 0.25) is 0 Å². The maximum atomic E-state index is 13.4. The van der Waals surface area contributed by atoms with Crippen molar-refractivity contribution in [2.75, 3.05) is 33.2 Å². The molecule has 0 aliphatic carbocycles. The number of likely N-dealkylation sites (N-methyl/N-ethyl adjacent to an activating group) is 1. The third-order valence-corrected chi connectivity index (χ3v) is 4.93. The van der Waals surface area contributed by atoms with Gasteiger partial charge < -0.3 is 10.6 Å². The highest BCUT2D eigenvalue weighted by Gasteiger charge is 2.35. The van der Waals surface area contributed by atoms with E-state index < -0.39 is 0 Å². The maximum absolute atomic E-state index is 13.4. The Labute approximate surface area is 127 Å². The van der Waals surface area contributed by atoms with Crippen LogP contribution in [0.25, 0.3) is 0 Å². The van der Waals surface area contributed by atoms with Crippen LogP contribution < -0.4 is 5.73 Å². The lowest BCUT2D eigenvalue weighted by Crippen LogP contribution is -2.62. The average Bonchev–Trinajstić information content (AvgIpc) is 2.47. The SMILES string of the molecule is CCC1CN(C(C)(CN)Cc2cccc(F)c2)CCN1C. The first-order valence-corrected chi connectivity index (χ1v) is 7.88. The van der Waals surface area contributed by atoms with Gasteiger partial charge >= 0.3 is 0 Å². The van der Waals surface area contributed by atoms with E-state index in [1.807, 2.05) is 6.07 Å². The highest BCUT2D eigenvalue weighted by molar-refractivity contribution is 5.19. The third kappa shape index (κ3) is 3.82. The minimum atomic E-state index is -0.170. The predicted octanol–water partition coefficient (Wildman–Crippen LogP) is 2.11. The van der Waals surface area contributed by atoms with E-state index in [1.165, 1.54) is 6.07 Å². The van der Waals surface area contributed by atoms with Gasteiger partial charge in [-0.25, -0.2) is 4.39 Å². The molecule has 2 atom stereocenters. The minimum Gasteiger partial charge on any atom is -0.329 e. The summed E-state index contributed by atoms with van der Waals surface area (Å²) < 4.78 is 13.4. The van der Waals surface area contributed by atoms with Crippen molar-refractivity contribution >= 4 is 0 Å². The lowest BCUT2D eigenvalue weighted by atomic mass is 9.89. The van der Waals surface area contributed by atoms with E-state index in [1.54, 1.807) is 12.1 Å². The fraction of sp³-hybridized carbons (Fsp3) is 0.647. The molecule has 1 aromatic carbocycles. The van der Waals surface area contributed by atoms with Crippen LogP contribution in [0.1, 0.15) is 25.8 Å². The van der Waals surface area contributed by atoms with Crippen molar-refractivity contribution in [3.8, 4) is 0 Å². The molecule has 0 aromatic heterocycles. The molecular weight excluding hydrogens is 265 g/mol. The van der Waals surface area contributed by atoms with Crippen molar-refractivity contribution < 1.29 is 4.39 Å². The average molecular weight is 293 g/mol. The van der Waals surface area contributed by atoms with Crippen LogP contribution in [-0.4, -0.2) is 54.6 Å². The lowest BCUT2D eigenvalue weighted by Gasteiger charge is -2.48. The largest absolute Gasteiger partial charge is 0.329 e. The molecule has 0 saturated carbocycles. The Bertz CT molecular complexity index is 465. The standard InChI is InChI=1S/C17H28FN3/c1-4-16-12-21(9-8-20(16)3)17(2,13-19)11-14-6-5-7-15(18)10-14/h5-7,10,16H,4,8-9,11-13,19H2,1-3H3. The van der Waals surface area contributed by atoms with Crippen molar-refractivity contribution in [3.63, 3.8) is 0 Å². The first kappa shape index (κ1) is 16.4. The van der Waals surface area contributed by atoms with Gasteiger partial charge in [0.1, 0.15) is 5.82 Å². The smallest absolute Gasteiger partial charge is 0.123 e. The van der Waals surface area contributed by atoms with E-state index in [9.17, 15) is 4.39 Å². The van der Waals surface area contributed by atoms with Crippen LogP contribution in [0.2, 0.25) is 0 Å². The van der Waals surface area contributed by atoms with Crippen molar-refractivity contribution in [3.05, 3.63) is 35.6 Å². The number of benzene rings is 1. The second kappa shape index (κ2) is 6.86. The monoisotopic (exact) mass is 293 g/mol. The topological polar surface area (TPSA) is 32.5 Å². The van der Waals surface area contributed by atoms with E-state index in [0.717, 1.165) is 38.0 Å². The summed E-state index contributed by atoms with van der Waals surface area (Å²) in [6, 6.07) is 7.47. The zero-order valence-corrected chi connectivity index (χ0v) is 13.5. The molecule has 1 heterocycles. The Morgan fingerprint density at radius 2 is 2.14 bits per heavy atom. The summed E-state index contributed by atoms with van der Waals surface area (Å²) in [5, 5.41) is 0. The molecular formula is C17H28FN3. The van der Waals surface area contributed by atoms with Crippen LogP contribution in [0.3, 0.4) is 0 Å². The first-order chi connectivity index (χ1) is 9.98. The zero-order chi connectivity index (χ0) is 15.5. The Morgan fingerprint density at radius 1 is 1.38 bits per heavy atom. The van der Waals surface area contributed by atoms with E-state index in [2.05, 4.69) is 30.7 Å². The highest BCUT2D eigenvalue weighted by atomic mass is 19.1. The summed E-state index contributed by atoms with van der Waals surface area (Å²) in [4.78, 5) is 4.92. The van der Waals surface area contributed by atoms with Crippen LogP contribution in [-0.2, 0) is 6.42 Å². The predicted molar refractivity (Wildman–Crippen MR) is 85.8 cm³/mol. The van der Waals surface area contributed by atoms with Crippen molar-refractivity contribution in [2.45, 2.75) is 38.3 Å². The van der Waals surface area contributed by atoms with Gasteiger partial charge in [-0.05, 0) is 44.5 Å². The van der Waals surface area contributed by atoms with Crippen LogP contribution in [0, 0.1) is 5.82 Å². The molecule has 118 valence electrons. The first-order valence-electron chi connectivity index (χ1n) is 7.88. The molecule has 0 bridgehead atoms. The molecule has 0 amide bonds. The fourth-order valence-corrected chi connectivity index (χ4v) is 3.28. The summed E-state index contributed by atoms with van der Waals surface area (Å²) >= 11 is 0. The van der Waals surface area contributed by atoms with Gasteiger partial charge in [-0.3, -0.25) is 4.90 Å². The lowest BCUT2D eigenvalue weighted by molar-refractivity contribution is 0.0207. The molecule has 1 saturated heterocycles. The normalized spacial score (nSPS) is 24.0. The summed E-state index contributed by atoms with van der Waals surface area (Å²) in [5.74, 6) is -0.170. The molecule has 2 rings (SSSR count). The van der Waals surface area contributed by atoms with E-state index in [4.69, 9.17) is 5.73 Å². The van der Waals surface area contributed by atoms with Crippen LogP contribution >= 0.6 is 0 Å². The molecule has 0 radical (unpaired) electrons. The summed E-state index contributed by atoms with van der Waals surface area (Å²) in [6.45, 7) is 8.15. The summed E-state index contributed by atoms with van der Waals surface area (Å²) in [7, 11) is 2.19. The molecule has 2 N–H and O–H groups in total. The Morgan fingerprint density at radius 3 is 2.76 bits per heavy atom. The van der Waals surface area contributed by atoms with Gasteiger partial charge in [0.15, 0.2) is 0 Å². The van der Waals surface area contributed by atoms with E-state index >= 15 is 0 Å². The van der Waals surface area contributed by atoms with E-state index in [-0.39, 0.29) is 11.4 Å². The quantitative estimate of drug-likeness (QED) is 0.902. The van der Waals surface area contributed by atoms with Crippen molar-refractivity contribution in [2.24, 2.45) is 5.73 Å². The number of nitrogens with two attached hydrogens (primary N) is 1.